The summed E-state index contributed by atoms with van der Waals surface area (Å²) in [7, 11) is 2.10. The van der Waals surface area contributed by atoms with E-state index in [1.54, 1.807) is 0 Å². The second-order valence-corrected chi connectivity index (χ2v) is 7.23. The highest BCUT2D eigenvalue weighted by molar-refractivity contribution is 9.10. The highest BCUT2D eigenvalue weighted by Crippen LogP contribution is 2.37. The number of carbonyl (C=O) groups excluding carboxylic acids is 1. The lowest BCUT2D eigenvalue weighted by Gasteiger charge is -2.22. The Morgan fingerprint density at radius 3 is 2.74 bits per heavy atom. The van der Waals surface area contributed by atoms with Gasteiger partial charge < -0.3 is 4.90 Å². The van der Waals surface area contributed by atoms with Gasteiger partial charge in [0.15, 0.2) is 0 Å². The Morgan fingerprint density at radius 2 is 2.16 bits per heavy atom. The molecule has 1 aromatic rings. The molecular formula is C16H22BrNO. The molecule has 19 heavy (non-hydrogen) atoms. The molecule has 3 heteroatoms. The van der Waals surface area contributed by atoms with E-state index in [0.717, 1.165) is 30.4 Å². The first kappa shape index (κ1) is 14.7. The normalized spacial score (nSPS) is 22.2. The molecule has 0 saturated heterocycles. The molecule has 1 aromatic carbocycles. The van der Waals surface area contributed by atoms with E-state index >= 15 is 0 Å². The van der Waals surface area contributed by atoms with Crippen molar-refractivity contribution in [3.05, 3.63) is 34.3 Å². The van der Waals surface area contributed by atoms with Crippen molar-refractivity contribution in [1.82, 2.24) is 4.90 Å². The van der Waals surface area contributed by atoms with Crippen LogP contribution in [0.3, 0.4) is 0 Å². The summed E-state index contributed by atoms with van der Waals surface area (Å²) in [6.45, 7) is 5.91. The molecule has 1 saturated carbocycles. The van der Waals surface area contributed by atoms with Gasteiger partial charge in [0.05, 0.1) is 0 Å². The standard InChI is InChI=1S/C16H22BrNO/c1-16(2)8-7-13(15(16)19)11-18(3)10-12-5-4-6-14(17)9-12/h4-6,9,13H,7-8,10-11H2,1-3H3. The monoisotopic (exact) mass is 323 g/mol. The molecule has 1 aliphatic carbocycles. The molecule has 0 spiro atoms. The largest absolute Gasteiger partial charge is 0.301 e. The van der Waals surface area contributed by atoms with Crippen LogP contribution in [0, 0.1) is 11.3 Å². The molecule has 0 aromatic heterocycles. The number of hydrogen-bond donors (Lipinski definition) is 0. The van der Waals surface area contributed by atoms with Crippen molar-refractivity contribution < 1.29 is 4.79 Å². The molecular weight excluding hydrogens is 302 g/mol. The maximum Gasteiger partial charge on any atom is 0.142 e. The van der Waals surface area contributed by atoms with Gasteiger partial charge in [0.2, 0.25) is 0 Å². The van der Waals surface area contributed by atoms with Gasteiger partial charge in [0.1, 0.15) is 5.78 Å². The minimum absolute atomic E-state index is 0.110. The summed E-state index contributed by atoms with van der Waals surface area (Å²) in [5, 5.41) is 0. The van der Waals surface area contributed by atoms with E-state index in [0.29, 0.717) is 5.78 Å². The molecule has 1 fully saturated rings. The van der Waals surface area contributed by atoms with E-state index in [1.165, 1.54) is 5.56 Å². The van der Waals surface area contributed by atoms with Crippen LogP contribution >= 0.6 is 15.9 Å². The third-order valence-corrected chi connectivity index (χ3v) is 4.52. The fraction of sp³-hybridized carbons (Fsp3) is 0.562. The van der Waals surface area contributed by atoms with Gasteiger partial charge in [-0.05, 0) is 37.6 Å². The van der Waals surface area contributed by atoms with Crippen LogP contribution in [0.4, 0.5) is 0 Å². The summed E-state index contributed by atoms with van der Waals surface area (Å²) in [6.07, 6.45) is 2.07. The molecule has 1 atom stereocenters. The van der Waals surface area contributed by atoms with Crippen molar-refractivity contribution in [2.75, 3.05) is 13.6 Å². The van der Waals surface area contributed by atoms with Crippen molar-refractivity contribution in [1.29, 1.82) is 0 Å². The highest BCUT2D eigenvalue weighted by Gasteiger charge is 2.40. The van der Waals surface area contributed by atoms with Gasteiger partial charge in [0.25, 0.3) is 0 Å². The molecule has 0 amide bonds. The van der Waals surface area contributed by atoms with Gasteiger partial charge in [0, 0.05) is 28.9 Å². The second kappa shape index (κ2) is 5.76. The summed E-state index contributed by atoms with van der Waals surface area (Å²) in [5.41, 5.74) is 1.17. The molecule has 1 unspecified atom stereocenters. The molecule has 0 radical (unpaired) electrons. The topological polar surface area (TPSA) is 20.3 Å². The van der Waals surface area contributed by atoms with Crippen LogP contribution < -0.4 is 0 Å². The summed E-state index contributed by atoms with van der Waals surface area (Å²) >= 11 is 3.49. The Bertz CT molecular complexity index is 470. The van der Waals surface area contributed by atoms with Crippen molar-refractivity contribution in [2.45, 2.75) is 33.2 Å². The number of Topliss-reactive ketones (excluding diaryl/α,β-unsaturated/α-hetero) is 1. The number of nitrogens with zero attached hydrogens (tertiary/aromatic N) is 1. The van der Waals surface area contributed by atoms with Gasteiger partial charge >= 0.3 is 0 Å². The van der Waals surface area contributed by atoms with Gasteiger partial charge in [-0.1, -0.05) is 41.9 Å². The van der Waals surface area contributed by atoms with Crippen LogP contribution in [0.15, 0.2) is 28.7 Å². The van der Waals surface area contributed by atoms with Crippen LogP contribution in [-0.2, 0) is 11.3 Å². The molecule has 0 heterocycles. The quantitative estimate of drug-likeness (QED) is 0.837. The Balaban J connectivity index is 1.92. The molecule has 0 bridgehead atoms. The number of carbonyl (C=O) groups is 1. The summed E-state index contributed by atoms with van der Waals surface area (Å²) < 4.78 is 1.11. The number of rotatable bonds is 4. The van der Waals surface area contributed by atoms with E-state index in [4.69, 9.17) is 0 Å². The lowest BCUT2D eigenvalue weighted by atomic mass is 9.89. The zero-order valence-electron chi connectivity index (χ0n) is 11.9. The van der Waals surface area contributed by atoms with Crippen LogP contribution in [0.25, 0.3) is 0 Å². The van der Waals surface area contributed by atoms with Crippen LogP contribution in [0.1, 0.15) is 32.3 Å². The number of halogens is 1. The third-order valence-electron chi connectivity index (χ3n) is 4.03. The summed E-state index contributed by atoms with van der Waals surface area (Å²) in [6, 6.07) is 8.35. The first-order valence-corrected chi connectivity index (χ1v) is 7.65. The number of hydrogen-bond acceptors (Lipinski definition) is 2. The molecule has 2 nitrogen and oxygen atoms in total. The SMILES string of the molecule is CN(Cc1cccc(Br)c1)CC1CCC(C)(C)C1=O. The van der Waals surface area contributed by atoms with Gasteiger partial charge in [-0.2, -0.15) is 0 Å². The number of ketones is 1. The zero-order chi connectivity index (χ0) is 14.0. The maximum absolute atomic E-state index is 12.2. The first-order valence-electron chi connectivity index (χ1n) is 6.86. The Labute approximate surface area is 124 Å². The third kappa shape index (κ3) is 3.67. The summed E-state index contributed by atoms with van der Waals surface area (Å²) in [4.78, 5) is 14.5. The van der Waals surface area contributed by atoms with E-state index in [1.807, 2.05) is 6.07 Å². The van der Waals surface area contributed by atoms with Crippen molar-refractivity contribution in [3.63, 3.8) is 0 Å². The average molecular weight is 324 g/mol. The predicted octanol–water partition coefficient (Wildman–Crippen LogP) is 3.89. The molecule has 0 N–H and O–H groups in total. The lowest BCUT2D eigenvalue weighted by Crippen LogP contribution is -2.31. The van der Waals surface area contributed by atoms with E-state index < -0.39 is 0 Å². The van der Waals surface area contributed by atoms with Gasteiger partial charge in [-0.15, -0.1) is 0 Å². The highest BCUT2D eigenvalue weighted by atomic mass is 79.9. The van der Waals surface area contributed by atoms with E-state index in [2.05, 4.69) is 59.9 Å². The van der Waals surface area contributed by atoms with Crippen molar-refractivity contribution in [3.8, 4) is 0 Å². The van der Waals surface area contributed by atoms with Crippen molar-refractivity contribution >= 4 is 21.7 Å². The Hall–Kier alpha value is -0.670. The lowest BCUT2D eigenvalue weighted by molar-refractivity contribution is -0.127. The van der Waals surface area contributed by atoms with E-state index in [9.17, 15) is 4.79 Å². The fourth-order valence-electron chi connectivity index (χ4n) is 2.90. The fourth-order valence-corrected chi connectivity index (χ4v) is 3.35. The van der Waals surface area contributed by atoms with E-state index in [-0.39, 0.29) is 11.3 Å². The van der Waals surface area contributed by atoms with Crippen LogP contribution in [-0.4, -0.2) is 24.3 Å². The zero-order valence-corrected chi connectivity index (χ0v) is 13.5. The summed E-state index contributed by atoms with van der Waals surface area (Å²) in [5.74, 6) is 0.653. The van der Waals surface area contributed by atoms with Gasteiger partial charge in [-0.25, -0.2) is 0 Å². The maximum atomic E-state index is 12.2. The predicted molar refractivity (Wildman–Crippen MR) is 82.0 cm³/mol. The second-order valence-electron chi connectivity index (χ2n) is 6.31. The Morgan fingerprint density at radius 1 is 1.42 bits per heavy atom. The minimum atomic E-state index is -0.110. The van der Waals surface area contributed by atoms with Crippen molar-refractivity contribution in [2.24, 2.45) is 11.3 Å². The number of benzene rings is 1. The minimum Gasteiger partial charge on any atom is -0.301 e. The average Bonchev–Trinajstić information content (AvgIpc) is 2.56. The Kier molecular flexibility index (Phi) is 4.46. The molecule has 2 rings (SSSR count). The molecule has 104 valence electrons. The van der Waals surface area contributed by atoms with Gasteiger partial charge in [-0.3, -0.25) is 4.79 Å². The smallest absolute Gasteiger partial charge is 0.142 e. The molecule has 0 aliphatic heterocycles. The molecule has 1 aliphatic rings. The van der Waals surface area contributed by atoms with Crippen LogP contribution in [0.2, 0.25) is 0 Å². The first-order chi connectivity index (χ1) is 8.88. The van der Waals surface area contributed by atoms with Crippen LogP contribution in [0.5, 0.6) is 0 Å².